The predicted octanol–water partition coefficient (Wildman–Crippen LogP) is 1.97. The fourth-order valence-electron chi connectivity index (χ4n) is 1.90. The van der Waals surface area contributed by atoms with E-state index in [9.17, 15) is 4.79 Å². The molecule has 0 saturated carbocycles. The van der Waals surface area contributed by atoms with Gasteiger partial charge in [-0.25, -0.2) is 4.68 Å². The van der Waals surface area contributed by atoms with E-state index >= 15 is 0 Å². The van der Waals surface area contributed by atoms with Crippen LogP contribution in [0.1, 0.15) is 43.0 Å². The molecule has 0 spiro atoms. The third kappa shape index (κ3) is 3.88. The molecule has 0 aliphatic rings. The molecule has 0 bridgehead atoms. The molecule has 1 N–H and O–H groups in total. The largest absolute Gasteiger partial charge is 0.352 e. The maximum absolute atomic E-state index is 11.9. The van der Waals surface area contributed by atoms with Gasteiger partial charge in [-0.2, -0.15) is 0 Å². The van der Waals surface area contributed by atoms with Crippen LogP contribution in [0, 0.1) is 0 Å². The standard InChI is InChI=1S/C14H19N5O/c1-2-3-4-5-10-15-14(20)12-6-8-13(9-7-12)19-11-16-17-18-19/h6-9,11H,2-5,10H2,1H3,(H,15,20). The summed E-state index contributed by atoms with van der Waals surface area (Å²) in [4.78, 5) is 11.9. The Labute approximate surface area is 118 Å². The van der Waals surface area contributed by atoms with E-state index in [1.54, 1.807) is 16.8 Å². The summed E-state index contributed by atoms with van der Waals surface area (Å²) in [5.41, 5.74) is 1.48. The van der Waals surface area contributed by atoms with Crippen LogP contribution in [0.5, 0.6) is 0 Å². The summed E-state index contributed by atoms with van der Waals surface area (Å²) >= 11 is 0. The lowest BCUT2D eigenvalue weighted by atomic mass is 10.2. The van der Waals surface area contributed by atoms with E-state index in [1.165, 1.54) is 19.2 Å². The zero-order chi connectivity index (χ0) is 14.2. The summed E-state index contributed by atoms with van der Waals surface area (Å²) in [5, 5.41) is 13.9. The smallest absolute Gasteiger partial charge is 0.251 e. The second kappa shape index (κ2) is 7.37. The van der Waals surface area contributed by atoms with Crippen LogP contribution in [0.15, 0.2) is 30.6 Å². The molecule has 106 valence electrons. The number of nitrogens with zero attached hydrogens (tertiary/aromatic N) is 4. The van der Waals surface area contributed by atoms with E-state index in [0.717, 1.165) is 25.1 Å². The molecule has 6 heteroatoms. The maximum atomic E-state index is 11.9. The Morgan fingerprint density at radius 2 is 2.00 bits per heavy atom. The third-order valence-electron chi connectivity index (χ3n) is 3.06. The normalized spacial score (nSPS) is 10.4. The number of amides is 1. The highest BCUT2D eigenvalue weighted by Crippen LogP contribution is 2.07. The second-order valence-electron chi connectivity index (χ2n) is 4.62. The summed E-state index contributed by atoms with van der Waals surface area (Å²) in [5.74, 6) is -0.0373. The van der Waals surface area contributed by atoms with Crippen molar-refractivity contribution >= 4 is 5.91 Å². The maximum Gasteiger partial charge on any atom is 0.251 e. The number of hydrogen-bond acceptors (Lipinski definition) is 4. The van der Waals surface area contributed by atoms with Crippen LogP contribution in [0.2, 0.25) is 0 Å². The summed E-state index contributed by atoms with van der Waals surface area (Å²) in [6.45, 7) is 2.90. The van der Waals surface area contributed by atoms with Crippen LogP contribution in [-0.2, 0) is 0 Å². The lowest BCUT2D eigenvalue weighted by molar-refractivity contribution is 0.0953. The van der Waals surface area contributed by atoms with Crippen molar-refractivity contribution < 1.29 is 4.79 Å². The molecular formula is C14H19N5O. The average molecular weight is 273 g/mol. The Morgan fingerprint density at radius 1 is 1.20 bits per heavy atom. The van der Waals surface area contributed by atoms with Crippen molar-refractivity contribution in [2.24, 2.45) is 0 Å². The number of carbonyl (C=O) groups excluding carboxylic acids is 1. The van der Waals surface area contributed by atoms with Crippen LogP contribution >= 0.6 is 0 Å². The van der Waals surface area contributed by atoms with Crippen molar-refractivity contribution in [1.82, 2.24) is 25.5 Å². The van der Waals surface area contributed by atoms with E-state index < -0.39 is 0 Å². The Morgan fingerprint density at radius 3 is 2.65 bits per heavy atom. The quantitative estimate of drug-likeness (QED) is 0.783. The van der Waals surface area contributed by atoms with Gasteiger partial charge in [0.2, 0.25) is 0 Å². The molecule has 2 aromatic rings. The van der Waals surface area contributed by atoms with Crippen LogP contribution in [0.4, 0.5) is 0 Å². The first-order valence-electron chi connectivity index (χ1n) is 6.93. The first-order chi connectivity index (χ1) is 9.81. The number of tetrazole rings is 1. The van der Waals surface area contributed by atoms with Gasteiger partial charge in [0.15, 0.2) is 0 Å². The van der Waals surface area contributed by atoms with E-state index in [-0.39, 0.29) is 5.91 Å². The number of hydrogen-bond donors (Lipinski definition) is 1. The molecule has 0 unspecified atom stereocenters. The highest BCUT2D eigenvalue weighted by Gasteiger charge is 2.05. The fourth-order valence-corrected chi connectivity index (χ4v) is 1.90. The highest BCUT2D eigenvalue weighted by atomic mass is 16.1. The van der Waals surface area contributed by atoms with Crippen molar-refractivity contribution in [1.29, 1.82) is 0 Å². The van der Waals surface area contributed by atoms with Crippen LogP contribution in [-0.4, -0.2) is 32.7 Å². The fraction of sp³-hybridized carbons (Fsp3) is 0.429. The number of rotatable bonds is 7. The van der Waals surface area contributed by atoms with Gasteiger partial charge in [-0.1, -0.05) is 26.2 Å². The van der Waals surface area contributed by atoms with E-state index in [4.69, 9.17) is 0 Å². The van der Waals surface area contributed by atoms with Crippen LogP contribution in [0.25, 0.3) is 5.69 Å². The number of aromatic nitrogens is 4. The van der Waals surface area contributed by atoms with E-state index in [0.29, 0.717) is 5.56 Å². The van der Waals surface area contributed by atoms with Gasteiger partial charge < -0.3 is 5.32 Å². The molecule has 20 heavy (non-hydrogen) atoms. The summed E-state index contributed by atoms with van der Waals surface area (Å²) < 4.78 is 1.55. The molecule has 0 atom stereocenters. The Kier molecular flexibility index (Phi) is 5.23. The summed E-state index contributed by atoms with van der Waals surface area (Å²) in [6.07, 6.45) is 6.13. The molecule has 0 radical (unpaired) electrons. The zero-order valence-corrected chi connectivity index (χ0v) is 11.6. The third-order valence-corrected chi connectivity index (χ3v) is 3.06. The monoisotopic (exact) mass is 273 g/mol. The Bertz CT molecular complexity index is 521. The lowest BCUT2D eigenvalue weighted by Crippen LogP contribution is -2.24. The first-order valence-corrected chi connectivity index (χ1v) is 6.93. The SMILES string of the molecule is CCCCCCNC(=O)c1ccc(-n2cnnn2)cc1. The number of nitrogens with one attached hydrogen (secondary N) is 1. The molecule has 2 rings (SSSR count). The molecule has 0 saturated heterocycles. The van der Waals surface area contributed by atoms with Crippen LogP contribution < -0.4 is 5.32 Å². The van der Waals surface area contributed by atoms with Gasteiger partial charge in [-0.05, 0) is 41.1 Å². The van der Waals surface area contributed by atoms with Crippen molar-refractivity contribution in [3.05, 3.63) is 36.2 Å². The second-order valence-corrected chi connectivity index (χ2v) is 4.62. The molecular weight excluding hydrogens is 254 g/mol. The molecule has 1 aromatic heterocycles. The van der Waals surface area contributed by atoms with Gasteiger partial charge in [0.25, 0.3) is 5.91 Å². The summed E-state index contributed by atoms with van der Waals surface area (Å²) in [7, 11) is 0. The van der Waals surface area contributed by atoms with Gasteiger partial charge in [0.1, 0.15) is 6.33 Å². The zero-order valence-electron chi connectivity index (χ0n) is 11.6. The van der Waals surface area contributed by atoms with E-state index in [2.05, 4.69) is 27.8 Å². The van der Waals surface area contributed by atoms with Gasteiger partial charge in [0, 0.05) is 12.1 Å². The summed E-state index contributed by atoms with van der Waals surface area (Å²) in [6, 6.07) is 7.20. The molecule has 6 nitrogen and oxygen atoms in total. The van der Waals surface area contributed by atoms with Gasteiger partial charge in [-0.15, -0.1) is 5.10 Å². The number of carbonyl (C=O) groups is 1. The lowest BCUT2D eigenvalue weighted by Gasteiger charge is -2.06. The average Bonchev–Trinajstić information content (AvgIpc) is 3.01. The Hall–Kier alpha value is -2.24. The van der Waals surface area contributed by atoms with Gasteiger partial charge >= 0.3 is 0 Å². The van der Waals surface area contributed by atoms with E-state index in [1.807, 2.05) is 12.1 Å². The number of benzene rings is 1. The van der Waals surface area contributed by atoms with Crippen molar-refractivity contribution in [2.75, 3.05) is 6.54 Å². The van der Waals surface area contributed by atoms with Crippen molar-refractivity contribution in [3.8, 4) is 5.69 Å². The predicted molar refractivity (Wildman–Crippen MR) is 75.6 cm³/mol. The molecule has 1 aromatic carbocycles. The molecule has 0 aliphatic heterocycles. The molecule has 0 fully saturated rings. The first kappa shape index (κ1) is 14.2. The minimum atomic E-state index is -0.0373. The highest BCUT2D eigenvalue weighted by molar-refractivity contribution is 5.94. The van der Waals surface area contributed by atoms with Crippen LogP contribution in [0.3, 0.4) is 0 Å². The molecule has 1 heterocycles. The van der Waals surface area contributed by atoms with Gasteiger partial charge in [-0.3, -0.25) is 4.79 Å². The topological polar surface area (TPSA) is 72.7 Å². The van der Waals surface area contributed by atoms with Crippen molar-refractivity contribution in [2.45, 2.75) is 32.6 Å². The van der Waals surface area contributed by atoms with Crippen molar-refractivity contribution in [3.63, 3.8) is 0 Å². The molecule has 0 aliphatic carbocycles. The minimum absolute atomic E-state index is 0.0373. The minimum Gasteiger partial charge on any atom is -0.352 e. The molecule has 1 amide bonds. The van der Waals surface area contributed by atoms with Gasteiger partial charge in [0.05, 0.1) is 5.69 Å². The number of unbranched alkanes of at least 4 members (excludes halogenated alkanes) is 3. The Balaban J connectivity index is 1.85.